The van der Waals surface area contributed by atoms with Gasteiger partial charge in [-0.1, -0.05) is 35.9 Å². The highest BCUT2D eigenvalue weighted by Crippen LogP contribution is 2.40. The van der Waals surface area contributed by atoms with Crippen LogP contribution in [-0.4, -0.2) is 260 Å². The zero-order chi connectivity index (χ0) is 68.9. The maximum atomic E-state index is 13.6. The van der Waals surface area contributed by atoms with Gasteiger partial charge >= 0.3 is 0 Å². The minimum atomic E-state index is -0.280. The van der Waals surface area contributed by atoms with Crippen LogP contribution in [0.1, 0.15) is 81.5 Å². The van der Waals surface area contributed by atoms with Gasteiger partial charge in [0.2, 0.25) is 5.91 Å². The predicted molar refractivity (Wildman–Crippen MR) is 363 cm³/mol. The van der Waals surface area contributed by atoms with E-state index in [0.717, 1.165) is 39.8 Å². The molecule has 8 rings (SSSR count). The van der Waals surface area contributed by atoms with Gasteiger partial charge in [0, 0.05) is 69.3 Å². The first-order chi connectivity index (χ1) is 47.9. The smallest absolute Gasteiger partial charge is 0.257 e. The number of unbranched alkanes of at least 4 members (excludes halogenated alkanes) is 2. The van der Waals surface area contributed by atoms with Crippen molar-refractivity contribution in [2.75, 3.05) is 185 Å². The Morgan fingerprint density at radius 3 is 1.43 bits per heavy atom. The van der Waals surface area contributed by atoms with Crippen molar-refractivity contribution in [1.29, 1.82) is 0 Å². The number of oxime groups is 1. The molecule has 0 spiro atoms. The molecule has 3 aromatic carbocycles. The van der Waals surface area contributed by atoms with Crippen molar-refractivity contribution in [2.45, 2.75) is 70.7 Å². The minimum Gasteiger partial charge on any atom is -0.493 e. The second-order valence-electron chi connectivity index (χ2n) is 23.4. The normalized spacial score (nSPS) is 16.3. The van der Waals surface area contributed by atoms with Crippen LogP contribution in [0, 0.1) is 6.92 Å². The van der Waals surface area contributed by atoms with Crippen LogP contribution >= 0.6 is 0 Å². The van der Waals surface area contributed by atoms with E-state index in [9.17, 15) is 24.0 Å². The number of aryl methyl sites for hydroxylation is 1. The summed E-state index contributed by atoms with van der Waals surface area (Å²) >= 11 is 0. The summed E-state index contributed by atoms with van der Waals surface area (Å²) in [5.74, 6) is 0.612. The molecule has 2 atom stereocenters. The Kier molecular flexibility index (Phi) is 33.2. The third kappa shape index (κ3) is 25.8. The first kappa shape index (κ1) is 76.0. The van der Waals surface area contributed by atoms with E-state index in [1.54, 1.807) is 29.5 Å². The number of amides is 5. The van der Waals surface area contributed by atoms with E-state index >= 15 is 0 Å². The number of methoxy groups -OCH3 is 1. The van der Waals surface area contributed by atoms with E-state index < -0.39 is 0 Å². The van der Waals surface area contributed by atoms with Gasteiger partial charge in [0.25, 0.3) is 23.6 Å². The number of ether oxygens (including phenoxy) is 14. The second-order valence-corrected chi connectivity index (χ2v) is 23.4. The number of nitrogens with zero attached hydrogens (tertiary/aromatic N) is 6. The second kappa shape index (κ2) is 42.9. The van der Waals surface area contributed by atoms with Gasteiger partial charge in [-0.3, -0.25) is 38.9 Å². The number of aliphatic imine (C=N–C) groups is 2. The van der Waals surface area contributed by atoms with Gasteiger partial charge in [-0.2, -0.15) is 0 Å². The Hall–Kier alpha value is -7.80. The quantitative estimate of drug-likeness (QED) is 0.0214. The predicted octanol–water partition coefficient (Wildman–Crippen LogP) is 6.27. The number of imide groups is 1. The zero-order valence-electron chi connectivity index (χ0n) is 56.6. The van der Waals surface area contributed by atoms with Crippen molar-refractivity contribution in [3.05, 3.63) is 112 Å². The van der Waals surface area contributed by atoms with Crippen molar-refractivity contribution in [1.82, 2.24) is 20.0 Å². The highest BCUT2D eigenvalue weighted by atomic mass is 16.6. The van der Waals surface area contributed by atoms with Crippen LogP contribution < -0.4 is 19.5 Å². The van der Waals surface area contributed by atoms with Gasteiger partial charge in [-0.05, 0) is 85.2 Å². The van der Waals surface area contributed by atoms with Gasteiger partial charge in [0.15, 0.2) is 11.5 Å². The van der Waals surface area contributed by atoms with E-state index in [2.05, 4.69) is 28.6 Å². The van der Waals surface area contributed by atoms with Crippen LogP contribution in [0.2, 0.25) is 0 Å². The molecule has 2 saturated heterocycles. The van der Waals surface area contributed by atoms with Crippen LogP contribution in [0.3, 0.4) is 0 Å². The molecule has 27 heteroatoms. The fourth-order valence-electron chi connectivity index (χ4n) is 10.9. The molecule has 5 aliphatic rings. The molecule has 0 aliphatic carbocycles. The number of carbonyl (C=O) groups is 5. The molecule has 0 saturated carbocycles. The van der Waals surface area contributed by atoms with Crippen molar-refractivity contribution >= 4 is 59.6 Å². The van der Waals surface area contributed by atoms with Crippen LogP contribution in [0.15, 0.2) is 94.1 Å². The van der Waals surface area contributed by atoms with Crippen molar-refractivity contribution < 1.29 is 95.1 Å². The highest BCUT2D eigenvalue weighted by molar-refractivity contribution is 6.13. The highest BCUT2D eigenvalue weighted by Gasteiger charge is 2.36. The molecule has 0 bridgehead atoms. The molecule has 3 aromatic rings. The average molecular weight is 1370 g/mol. The summed E-state index contributed by atoms with van der Waals surface area (Å²) in [4.78, 5) is 82.0. The van der Waals surface area contributed by atoms with Crippen molar-refractivity contribution in [3.8, 4) is 17.2 Å². The van der Waals surface area contributed by atoms with Gasteiger partial charge in [-0.25, -0.2) is 0 Å². The molecule has 27 nitrogen and oxygen atoms in total. The van der Waals surface area contributed by atoms with E-state index in [4.69, 9.17) is 76.1 Å². The molecule has 5 amide bonds. The Bertz CT molecular complexity index is 3190. The average Bonchev–Trinajstić information content (AvgIpc) is 1.60. The van der Waals surface area contributed by atoms with Crippen LogP contribution in [0.25, 0.3) is 0 Å². The summed E-state index contributed by atoms with van der Waals surface area (Å²) in [5, 5.41) is 7.04. The van der Waals surface area contributed by atoms with Crippen molar-refractivity contribution in [3.63, 3.8) is 0 Å². The monoisotopic (exact) mass is 1370 g/mol. The summed E-state index contributed by atoms with van der Waals surface area (Å²) < 4.78 is 79.7. The molecule has 5 heterocycles. The number of carbonyl (C=O) groups excluding carboxylic acids is 5. The fourth-order valence-corrected chi connectivity index (χ4v) is 10.9. The lowest BCUT2D eigenvalue weighted by molar-refractivity contribution is -0.137. The minimum absolute atomic E-state index is 0.0534. The molecular weight excluding hydrogens is 1270 g/mol. The van der Waals surface area contributed by atoms with E-state index in [-0.39, 0.29) is 61.4 Å². The number of nitrogens with one attached hydrogen (secondary N) is 1. The third-order valence-corrected chi connectivity index (χ3v) is 15.8. The molecule has 0 unspecified atom stereocenters. The summed E-state index contributed by atoms with van der Waals surface area (Å²) in [6, 6.07) is 12.7. The van der Waals surface area contributed by atoms with Gasteiger partial charge in [0.1, 0.15) is 25.6 Å². The summed E-state index contributed by atoms with van der Waals surface area (Å²) in [6.07, 6.45) is 11.6. The molecule has 5 aliphatic heterocycles. The van der Waals surface area contributed by atoms with Crippen LogP contribution in [0.4, 0.5) is 11.4 Å². The summed E-state index contributed by atoms with van der Waals surface area (Å²) in [6.45, 7) is 21.8. The Morgan fingerprint density at radius 1 is 0.531 bits per heavy atom. The van der Waals surface area contributed by atoms with E-state index in [1.807, 2.05) is 48.4 Å². The zero-order valence-corrected chi connectivity index (χ0v) is 56.6. The maximum Gasteiger partial charge on any atom is 0.257 e. The topological polar surface area (TPSA) is 283 Å². The molecule has 534 valence electrons. The molecular formula is C71H95N7O20. The first-order valence-corrected chi connectivity index (χ1v) is 33.5. The number of rotatable bonds is 51. The first-order valence-electron chi connectivity index (χ1n) is 33.5. The number of hydrogen-bond donors (Lipinski definition) is 1. The van der Waals surface area contributed by atoms with Crippen molar-refractivity contribution in [2.24, 2.45) is 15.1 Å². The fraction of sp³-hybridized carbons (Fsp3) is 0.549. The molecule has 98 heavy (non-hydrogen) atoms. The van der Waals surface area contributed by atoms with Crippen LogP contribution in [0.5, 0.6) is 17.2 Å². The largest absolute Gasteiger partial charge is 0.493 e. The molecule has 2 fully saturated rings. The SMILES string of the molecule is C=C1C[C@H]2C=Nc3cc(OCc4cc(C=NOCCOCCOCCOCCOCCOCCOCCOCCOCCOCCOCCOCCNC(=O)CCCCCN5C(=O)C=CC5=O)cc(COc5cc6c(cc5OC)C(=O)N5CC(=C)C[C@H]5C=N6)c4)c(C)cc3C(=O)N2C1. The van der Waals surface area contributed by atoms with E-state index in [1.165, 1.54) is 24.2 Å². The lowest BCUT2D eigenvalue weighted by Gasteiger charge is -2.20. The molecule has 0 aromatic heterocycles. The Morgan fingerprint density at radius 2 is 0.959 bits per heavy atom. The molecule has 0 radical (unpaired) electrons. The number of benzene rings is 3. The molecule has 1 N–H and O–H groups in total. The lowest BCUT2D eigenvalue weighted by Crippen LogP contribution is -2.35. The third-order valence-electron chi connectivity index (χ3n) is 15.8. The summed E-state index contributed by atoms with van der Waals surface area (Å²) in [7, 11) is 1.54. The van der Waals surface area contributed by atoms with Gasteiger partial charge in [-0.15, -0.1) is 0 Å². The number of fused-ring (bicyclic) bond motifs is 4. The maximum absolute atomic E-state index is 13.6. The Labute approximate surface area is 573 Å². The van der Waals surface area contributed by atoms with E-state index in [0.29, 0.717) is 243 Å². The standard InChI is InChI=1S/C71H95N7O20/c1-52-36-58-46-73-62-43-64(54(3)38-60(62)70(82)77(58)48-52)96-50-56-39-55(40-57(41-56)51-97-66-44-63-61(42-65(66)84-4)71(83)78-49-53(2)37-59(78)47-74-63)45-75-98-35-34-95-33-32-94-31-30-93-29-28-92-27-26-91-25-24-90-23-22-89-21-20-88-19-18-87-17-16-86-15-14-85-13-11-72-67(79)8-6-5-7-12-76-68(80)9-10-69(76)81/h9-10,38-47,58-59H,1-2,5-8,11-37,48-51H2,3-4H3,(H,72,79)/t58-,59-/m0/s1. The van der Waals surface area contributed by atoms with Crippen LogP contribution in [-0.2, 0) is 84.5 Å². The van der Waals surface area contributed by atoms with Gasteiger partial charge in [0.05, 0.1) is 193 Å². The Balaban J connectivity index is 0.588. The number of hydrogen-bond acceptors (Lipinski definition) is 23. The summed E-state index contributed by atoms with van der Waals surface area (Å²) in [5.41, 5.74) is 7.18. The van der Waals surface area contributed by atoms with Gasteiger partial charge < -0.3 is 86.3 Å². The lowest BCUT2D eigenvalue weighted by atomic mass is 10.1.